The summed E-state index contributed by atoms with van der Waals surface area (Å²) < 4.78 is 3.01. The number of hydrogen-bond acceptors (Lipinski definition) is 3. The highest BCUT2D eigenvalue weighted by molar-refractivity contribution is 9.10. The number of rotatable bonds is 4. The summed E-state index contributed by atoms with van der Waals surface area (Å²) in [5.74, 6) is 0. The molecule has 0 fully saturated rings. The Morgan fingerprint density at radius 1 is 1.37 bits per heavy atom. The molecule has 0 aromatic carbocycles. The van der Waals surface area contributed by atoms with Gasteiger partial charge in [-0.05, 0) is 60.3 Å². The minimum atomic E-state index is 0.155. The van der Waals surface area contributed by atoms with Crippen molar-refractivity contribution in [1.29, 1.82) is 0 Å². The minimum Gasteiger partial charge on any atom is -0.328 e. The van der Waals surface area contributed by atoms with Gasteiger partial charge in [0.05, 0.1) is 12.2 Å². The van der Waals surface area contributed by atoms with E-state index in [1.165, 1.54) is 11.3 Å². The lowest BCUT2D eigenvalue weighted by Gasteiger charge is -2.07. The van der Waals surface area contributed by atoms with Crippen LogP contribution in [0.25, 0.3) is 0 Å². The highest BCUT2D eigenvalue weighted by atomic mass is 79.9. The van der Waals surface area contributed by atoms with Gasteiger partial charge in [0.2, 0.25) is 0 Å². The molecule has 1 unspecified atom stereocenters. The zero-order valence-corrected chi connectivity index (χ0v) is 13.1. The standard InChI is InChI=1S/C14H19BrN4/c1-9(16)4-14-10(2)18-19(11(14)3)8-12-5-13(15)7-17-6-12/h5-7,9H,4,8,16H2,1-3H3. The second kappa shape index (κ2) is 5.84. The molecule has 2 heterocycles. The van der Waals surface area contributed by atoms with E-state index in [1.807, 2.05) is 24.7 Å². The predicted octanol–water partition coefficient (Wildman–Crippen LogP) is 2.60. The van der Waals surface area contributed by atoms with E-state index in [1.54, 1.807) is 6.20 Å². The van der Waals surface area contributed by atoms with Gasteiger partial charge in [0, 0.05) is 28.6 Å². The van der Waals surface area contributed by atoms with Gasteiger partial charge < -0.3 is 5.73 Å². The molecule has 5 heteroatoms. The summed E-state index contributed by atoms with van der Waals surface area (Å²) in [6, 6.07) is 2.22. The Labute approximate surface area is 122 Å². The van der Waals surface area contributed by atoms with E-state index in [9.17, 15) is 0 Å². The normalized spacial score (nSPS) is 12.7. The number of hydrogen-bond donors (Lipinski definition) is 1. The van der Waals surface area contributed by atoms with Crippen molar-refractivity contribution in [2.45, 2.75) is 39.8 Å². The number of halogens is 1. The Bertz CT molecular complexity index is 575. The molecule has 0 radical (unpaired) electrons. The lowest BCUT2D eigenvalue weighted by molar-refractivity contribution is 0.654. The van der Waals surface area contributed by atoms with E-state index in [-0.39, 0.29) is 6.04 Å². The second-order valence-electron chi connectivity index (χ2n) is 5.00. The van der Waals surface area contributed by atoms with E-state index in [0.717, 1.165) is 28.7 Å². The van der Waals surface area contributed by atoms with Crippen LogP contribution in [0, 0.1) is 13.8 Å². The molecule has 2 aromatic heterocycles. The Hall–Kier alpha value is -1.20. The van der Waals surface area contributed by atoms with Gasteiger partial charge in [-0.1, -0.05) is 0 Å². The predicted molar refractivity (Wildman–Crippen MR) is 80.1 cm³/mol. The van der Waals surface area contributed by atoms with Gasteiger partial charge in [-0.2, -0.15) is 5.10 Å². The van der Waals surface area contributed by atoms with E-state index < -0.39 is 0 Å². The van der Waals surface area contributed by atoms with E-state index in [4.69, 9.17) is 5.73 Å². The van der Waals surface area contributed by atoms with Crippen LogP contribution in [0.1, 0.15) is 29.4 Å². The van der Waals surface area contributed by atoms with Crippen molar-refractivity contribution in [1.82, 2.24) is 14.8 Å². The zero-order valence-electron chi connectivity index (χ0n) is 11.5. The summed E-state index contributed by atoms with van der Waals surface area (Å²) in [6.07, 6.45) is 4.52. The molecule has 0 spiro atoms. The Morgan fingerprint density at radius 2 is 2.11 bits per heavy atom. The van der Waals surface area contributed by atoms with Crippen molar-refractivity contribution in [2.75, 3.05) is 0 Å². The highest BCUT2D eigenvalue weighted by Gasteiger charge is 2.13. The molecule has 2 aromatic rings. The Morgan fingerprint density at radius 3 is 2.74 bits per heavy atom. The molecule has 1 atom stereocenters. The van der Waals surface area contributed by atoms with E-state index >= 15 is 0 Å². The average Bonchev–Trinajstić information content (AvgIpc) is 2.57. The molecule has 0 aliphatic rings. The fourth-order valence-corrected chi connectivity index (χ4v) is 2.63. The number of pyridine rings is 1. The minimum absolute atomic E-state index is 0.155. The quantitative estimate of drug-likeness (QED) is 0.941. The van der Waals surface area contributed by atoms with Crippen molar-refractivity contribution in [2.24, 2.45) is 5.73 Å². The van der Waals surface area contributed by atoms with E-state index in [2.05, 4.69) is 39.0 Å². The van der Waals surface area contributed by atoms with Crippen LogP contribution >= 0.6 is 15.9 Å². The first-order valence-corrected chi connectivity index (χ1v) is 7.14. The van der Waals surface area contributed by atoms with E-state index in [0.29, 0.717) is 0 Å². The molecule has 2 N–H and O–H groups in total. The number of aromatic nitrogens is 3. The van der Waals surface area contributed by atoms with Gasteiger partial charge in [-0.15, -0.1) is 0 Å². The number of aryl methyl sites for hydroxylation is 1. The SMILES string of the molecule is Cc1nn(Cc2cncc(Br)c2)c(C)c1CC(C)N. The molecule has 102 valence electrons. The maximum Gasteiger partial charge on any atom is 0.0678 e. The first-order chi connectivity index (χ1) is 8.97. The third-order valence-electron chi connectivity index (χ3n) is 3.15. The second-order valence-corrected chi connectivity index (χ2v) is 5.92. The van der Waals surface area contributed by atoms with Crippen LogP contribution in [0.5, 0.6) is 0 Å². The van der Waals surface area contributed by atoms with Crippen LogP contribution in [-0.2, 0) is 13.0 Å². The summed E-state index contributed by atoms with van der Waals surface area (Å²) >= 11 is 3.44. The van der Waals surface area contributed by atoms with Gasteiger partial charge in [-0.25, -0.2) is 0 Å². The lowest BCUT2D eigenvalue weighted by atomic mass is 10.1. The van der Waals surface area contributed by atoms with Crippen LogP contribution in [0.2, 0.25) is 0 Å². The van der Waals surface area contributed by atoms with Gasteiger partial charge >= 0.3 is 0 Å². The molecular formula is C14H19BrN4. The zero-order chi connectivity index (χ0) is 14.0. The lowest BCUT2D eigenvalue weighted by Crippen LogP contribution is -2.18. The monoisotopic (exact) mass is 322 g/mol. The summed E-state index contributed by atoms with van der Waals surface area (Å²) in [6.45, 7) is 6.90. The summed E-state index contributed by atoms with van der Waals surface area (Å²) in [5.41, 5.74) is 10.5. The maximum absolute atomic E-state index is 5.89. The summed E-state index contributed by atoms with van der Waals surface area (Å²) in [7, 11) is 0. The van der Waals surface area contributed by atoms with Crippen molar-refractivity contribution >= 4 is 15.9 Å². The first kappa shape index (κ1) is 14.2. The average molecular weight is 323 g/mol. The van der Waals surface area contributed by atoms with Gasteiger partial charge in [0.25, 0.3) is 0 Å². The first-order valence-electron chi connectivity index (χ1n) is 6.35. The molecule has 19 heavy (non-hydrogen) atoms. The molecular weight excluding hydrogens is 304 g/mol. The van der Waals surface area contributed by atoms with Gasteiger partial charge in [-0.3, -0.25) is 9.67 Å². The fraction of sp³-hybridized carbons (Fsp3) is 0.429. The van der Waals surface area contributed by atoms with Crippen molar-refractivity contribution < 1.29 is 0 Å². The smallest absolute Gasteiger partial charge is 0.0678 e. The van der Waals surface area contributed by atoms with Crippen molar-refractivity contribution in [3.05, 3.63) is 45.4 Å². The summed E-state index contributed by atoms with van der Waals surface area (Å²) in [5, 5.41) is 4.61. The number of nitrogens with two attached hydrogens (primary N) is 1. The third kappa shape index (κ3) is 3.42. The summed E-state index contributed by atoms with van der Waals surface area (Å²) in [4.78, 5) is 4.18. The van der Waals surface area contributed by atoms with Crippen molar-refractivity contribution in [3.8, 4) is 0 Å². The fourth-order valence-electron chi connectivity index (χ4n) is 2.22. The highest BCUT2D eigenvalue weighted by Crippen LogP contribution is 2.17. The molecule has 0 saturated carbocycles. The Balaban J connectivity index is 2.26. The van der Waals surface area contributed by atoms with Crippen LogP contribution in [0.3, 0.4) is 0 Å². The maximum atomic E-state index is 5.89. The van der Waals surface area contributed by atoms with Crippen LogP contribution in [0.15, 0.2) is 22.9 Å². The molecule has 0 bridgehead atoms. The molecule has 0 aliphatic heterocycles. The van der Waals surface area contributed by atoms with Crippen LogP contribution in [0.4, 0.5) is 0 Å². The molecule has 4 nitrogen and oxygen atoms in total. The Kier molecular flexibility index (Phi) is 4.37. The number of nitrogens with zero attached hydrogens (tertiary/aromatic N) is 3. The van der Waals surface area contributed by atoms with Crippen LogP contribution in [-0.4, -0.2) is 20.8 Å². The van der Waals surface area contributed by atoms with Gasteiger partial charge in [0.15, 0.2) is 0 Å². The molecule has 0 saturated heterocycles. The van der Waals surface area contributed by atoms with Gasteiger partial charge in [0.1, 0.15) is 0 Å². The molecule has 0 aliphatic carbocycles. The molecule has 2 rings (SSSR count). The molecule has 0 amide bonds. The largest absolute Gasteiger partial charge is 0.328 e. The third-order valence-corrected chi connectivity index (χ3v) is 3.58. The topological polar surface area (TPSA) is 56.7 Å². The van der Waals surface area contributed by atoms with Crippen LogP contribution < -0.4 is 5.73 Å². The van der Waals surface area contributed by atoms with Crippen molar-refractivity contribution in [3.63, 3.8) is 0 Å².